The molecule has 0 spiro atoms. The summed E-state index contributed by atoms with van der Waals surface area (Å²) in [6, 6.07) is 12.4. The SMILES string of the molecule is COC1CN(Cc2ccc(C#Cc3ccc([C@H](CNCC(F)F)Cc4nc[nH]c(=O)c4O)c(F)c3)cc2)C1. The van der Waals surface area contributed by atoms with E-state index in [-0.39, 0.29) is 24.2 Å². The van der Waals surface area contributed by atoms with Crippen molar-refractivity contribution in [2.75, 3.05) is 33.3 Å². The number of aromatic amines is 1. The van der Waals surface area contributed by atoms with E-state index in [4.69, 9.17) is 4.74 Å². The minimum Gasteiger partial charge on any atom is -0.502 e. The third-order valence-corrected chi connectivity index (χ3v) is 6.44. The number of rotatable bonds is 10. The zero-order valence-electron chi connectivity index (χ0n) is 20.9. The van der Waals surface area contributed by atoms with Crippen LogP contribution in [0.15, 0.2) is 53.6 Å². The van der Waals surface area contributed by atoms with Gasteiger partial charge in [-0.25, -0.2) is 18.2 Å². The quantitative estimate of drug-likeness (QED) is 0.352. The van der Waals surface area contributed by atoms with Crippen molar-refractivity contribution >= 4 is 0 Å². The fourth-order valence-electron chi connectivity index (χ4n) is 4.30. The smallest absolute Gasteiger partial charge is 0.293 e. The van der Waals surface area contributed by atoms with Crippen LogP contribution >= 0.6 is 0 Å². The molecule has 3 aromatic rings. The van der Waals surface area contributed by atoms with Crippen molar-refractivity contribution in [3.63, 3.8) is 0 Å². The lowest BCUT2D eigenvalue weighted by molar-refractivity contribution is -0.0333. The summed E-state index contributed by atoms with van der Waals surface area (Å²) in [6.45, 7) is 2.11. The molecule has 1 aliphatic rings. The standard InChI is InChI=1S/C28H29F3N4O3/c1-38-22-15-35(16-22)14-20-6-3-18(4-7-20)2-5-19-8-9-23(24(29)10-19)21(12-32-13-26(30)31)11-25-27(36)28(37)34-17-33-25/h3-4,6-10,17,21-22,26,32,36H,11-16H2,1H3,(H,33,34,37)/t21-/m0/s1. The Morgan fingerprint density at radius 2 is 1.87 bits per heavy atom. The van der Waals surface area contributed by atoms with Gasteiger partial charge in [-0.15, -0.1) is 0 Å². The molecular weight excluding hydrogens is 497 g/mol. The Morgan fingerprint density at radius 3 is 2.55 bits per heavy atom. The number of aromatic hydroxyl groups is 1. The van der Waals surface area contributed by atoms with Gasteiger partial charge in [-0.1, -0.05) is 30.0 Å². The number of ether oxygens (including phenoxy) is 1. The van der Waals surface area contributed by atoms with Crippen molar-refractivity contribution in [2.24, 2.45) is 0 Å². The fraction of sp³-hybridized carbons (Fsp3) is 0.357. The summed E-state index contributed by atoms with van der Waals surface area (Å²) < 4.78 is 45.8. The molecule has 4 rings (SSSR count). The van der Waals surface area contributed by atoms with E-state index in [1.807, 2.05) is 24.3 Å². The first-order valence-corrected chi connectivity index (χ1v) is 12.2. The van der Waals surface area contributed by atoms with E-state index in [1.54, 1.807) is 19.2 Å². The zero-order chi connectivity index (χ0) is 27.1. The van der Waals surface area contributed by atoms with Crippen LogP contribution < -0.4 is 10.9 Å². The minimum atomic E-state index is -2.57. The highest BCUT2D eigenvalue weighted by molar-refractivity contribution is 5.45. The van der Waals surface area contributed by atoms with Crippen LogP contribution in [-0.2, 0) is 17.7 Å². The van der Waals surface area contributed by atoms with Gasteiger partial charge in [0.1, 0.15) is 5.82 Å². The van der Waals surface area contributed by atoms with Gasteiger partial charge < -0.3 is 20.1 Å². The first-order chi connectivity index (χ1) is 18.3. The molecule has 1 aliphatic heterocycles. The van der Waals surface area contributed by atoms with E-state index >= 15 is 4.39 Å². The van der Waals surface area contributed by atoms with E-state index in [1.165, 1.54) is 11.6 Å². The highest BCUT2D eigenvalue weighted by Gasteiger charge is 2.26. The number of nitrogens with one attached hydrogen (secondary N) is 2. The summed E-state index contributed by atoms with van der Waals surface area (Å²) in [4.78, 5) is 20.2. The lowest BCUT2D eigenvalue weighted by Gasteiger charge is -2.38. The van der Waals surface area contributed by atoms with Crippen LogP contribution in [0, 0.1) is 17.7 Å². The summed E-state index contributed by atoms with van der Waals surface area (Å²) in [6.07, 6.45) is -1.16. The number of likely N-dealkylation sites (tertiary alicyclic amines) is 1. The molecule has 7 nitrogen and oxygen atoms in total. The van der Waals surface area contributed by atoms with E-state index in [0.29, 0.717) is 11.7 Å². The Hall–Kier alpha value is -3.65. The number of H-pyrrole nitrogens is 1. The van der Waals surface area contributed by atoms with Gasteiger partial charge in [0.15, 0.2) is 0 Å². The van der Waals surface area contributed by atoms with Crippen LogP contribution in [0.2, 0.25) is 0 Å². The van der Waals surface area contributed by atoms with Gasteiger partial charge >= 0.3 is 0 Å². The summed E-state index contributed by atoms with van der Waals surface area (Å²) in [5.41, 5.74) is 1.99. The van der Waals surface area contributed by atoms with Crippen LogP contribution in [0.4, 0.5) is 13.2 Å². The molecule has 1 aromatic heterocycles. The second kappa shape index (κ2) is 12.7. The molecule has 0 radical (unpaired) electrons. The third-order valence-electron chi connectivity index (χ3n) is 6.44. The molecule has 2 heterocycles. The summed E-state index contributed by atoms with van der Waals surface area (Å²) >= 11 is 0. The van der Waals surface area contributed by atoms with Gasteiger partial charge in [-0.05, 0) is 35.4 Å². The first-order valence-electron chi connectivity index (χ1n) is 12.2. The molecule has 1 atom stereocenters. The minimum absolute atomic E-state index is 0.00386. The second-order valence-electron chi connectivity index (χ2n) is 9.21. The van der Waals surface area contributed by atoms with Crippen molar-refractivity contribution in [1.82, 2.24) is 20.2 Å². The molecule has 10 heteroatoms. The molecule has 1 fully saturated rings. The van der Waals surface area contributed by atoms with Gasteiger partial charge in [-0.3, -0.25) is 9.69 Å². The Balaban J connectivity index is 1.45. The molecule has 1 saturated heterocycles. The molecule has 200 valence electrons. The summed E-state index contributed by atoms with van der Waals surface area (Å²) in [5, 5.41) is 12.6. The number of nitrogens with zero attached hydrogens (tertiary/aromatic N) is 2. The normalized spacial score (nSPS) is 14.7. The predicted molar refractivity (Wildman–Crippen MR) is 137 cm³/mol. The topological polar surface area (TPSA) is 90.5 Å². The summed E-state index contributed by atoms with van der Waals surface area (Å²) in [5.74, 6) is 4.19. The van der Waals surface area contributed by atoms with E-state index in [0.717, 1.165) is 31.5 Å². The molecule has 3 N–H and O–H groups in total. The molecule has 38 heavy (non-hydrogen) atoms. The van der Waals surface area contributed by atoms with Gasteiger partial charge in [0.25, 0.3) is 12.0 Å². The van der Waals surface area contributed by atoms with Crippen molar-refractivity contribution in [3.05, 3.63) is 92.9 Å². The number of benzene rings is 2. The second-order valence-corrected chi connectivity index (χ2v) is 9.21. The first kappa shape index (κ1) is 27.4. The van der Waals surface area contributed by atoms with Crippen LogP contribution in [-0.4, -0.2) is 65.8 Å². The largest absolute Gasteiger partial charge is 0.502 e. The third kappa shape index (κ3) is 7.22. The van der Waals surface area contributed by atoms with Crippen LogP contribution in [0.1, 0.15) is 33.9 Å². The molecule has 0 bridgehead atoms. The molecular formula is C28H29F3N4O3. The van der Waals surface area contributed by atoms with Crippen molar-refractivity contribution in [1.29, 1.82) is 0 Å². The molecule has 0 aliphatic carbocycles. The van der Waals surface area contributed by atoms with Gasteiger partial charge in [0, 0.05) is 56.8 Å². The molecule has 2 aromatic carbocycles. The highest BCUT2D eigenvalue weighted by Crippen LogP contribution is 2.25. The lowest BCUT2D eigenvalue weighted by Crippen LogP contribution is -2.50. The number of hydrogen-bond donors (Lipinski definition) is 3. The maximum absolute atomic E-state index is 15.2. The van der Waals surface area contributed by atoms with E-state index in [9.17, 15) is 18.7 Å². The van der Waals surface area contributed by atoms with Crippen LogP contribution in [0.5, 0.6) is 5.75 Å². The van der Waals surface area contributed by atoms with E-state index < -0.39 is 36.0 Å². The van der Waals surface area contributed by atoms with Crippen molar-refractivity contribution < 1.29 is 23.0 Å². The number of alkyl halides is 2. The Kier molecular flexibility index (Phi) is 9.18. The van der Waals surface area contributed by atoms with Crippen LogP contribution in [0.3, 0.4) is 0 Å². The number of methoxy groups -OCH3 is 1. The Labute approximate surface area is 218 Å². The number of hydrogen-bond acceptors (Lipinski definition) is 6. The lowest BCUT2D eigenvalue weighted by atomic mass is 9.92. The zero-order valence-corrected chi connectivity index (χ0v) is 20.9. The predicted octanol–water partition coefficient (Wildman–Crippen LogP) is 3.03. The maximum Gasteiger partial charge on any atom is 0.293 e. The Bertz CT molecular complexity index is 1350. The average molecular weight is 527 g/mol. The highest BCUT2D eigenvalue weighted by atomic mass is 19.3. The molecule has 0 saturated carbocycles. The van der Waals surface area contributed by atoms with Crippen molar-refractivity contribution in [3.8, 4) is 17.6 Å². The molecule has 0 amide bonds. The van der Waals surface area contributed by atoms with Crippen LogP contribution in [0.25, 0.3) is 0 Å². The Morgan fingerprint density at radius 1 is 1.16 bits per heavy atom. The van der Waals surface area contributed by atoms with Gasteiger partial charge in [0.2, 0.25) is 5.75 Å². The fourth-order valence-corrected chi connectivity index (χ4v) is 4.30. The summed E-state index contributed by atoms with van der Waals surface area (Å²) in [7, 11) is 1.72. The monoisotopic (exact) mass is 526 g/mol. The number of aromatic nitrogens is 2. The van der Waals surface area contributed by atoms with E-state index in [2.05, 4.69) is 32.0 Å². The average Bonchev–Trinajstić information content (AvgIpc) is 2.87. The maximum atomic E-state index is 15.2. The molecule has 0 unspecified atom stereocenters. The van der Waals surface area contributed by atoms with Gasteiger partial charge in [0.05, 0.1) is 24.7 Å². The van der Waals surface area contributed by atoms with Gasteiger partial charge in [-0.2, -0.15) is 0 Å². The number of halogens is 3. The van der Waals surface area contributed by atoms with Crippen molar-refractivity contribution in [2.45, 2.75) is 31.4 Å².